The van der Waals surface area contributed by atoms with Gasteiger partial charge < -0.3 is 5.11 Å². The van der Waals surface area contributed by atoms with Gasteiger partial charge in [0.2, 0.25) is 0 Å². The van der Waals surface area contributed by atoms with Gasteiger partial charge >= 0.3 is 5.97 Å². The lowest BCUT2D eigenvalue weighted by atomic mass is 9.96. The number of aliphatic carboxylic acids is 1. The van der Waals surface area contributed by atoms with E-state index in [0.29, 0.717) is 6.42 Å². The van der Waals surface area contributed by atoms with Gasteiger partial charge in [-0.2, -0.15) is 0 Å². The van der Waals surface area contributed by atoms with Crippen LogP contribution in [0.4, 0.5) is 0 Å². The van der Waals surface area contributed by atoms with Crippen LogP contribution in [-0.4, -0.2) is 34.6 Å². The number of carboxylic acids is 1. The molecule has 72 valence electrons. The molecule has 1 N–H and O–H groups in total. The summed E-state index contributed by atoms with van der Waals surface area (Å²) in [6, 6.07) is 0. The molecule has 0 aromatic heterocycles. The predicted molar refractivity (Wildman–Crippen MR) is 49.3 cm³/mol. The lowest BCUT2D eigenvalue weighted by molar-refractivity contribution is -0.150. The average molecular weight is 173 g/mol. The second-order valence-electron chi connectivity index (χ2n) is 3.10. The van der Waals surface area contributed by atoms with Gasteiger partial charge in [-0.05, 0) is 26.4 Å². The van der Waals surface area contributed by atoms with Crippen molar-refractivity contribution in [3.05, 3.63) is 0 Å². The molecule has 0 aliphatic heterocycles. The van der Waals surface area contributed by atoms with Gasteiger partial charge in [-0.1, -0.05) is 20.8 Å². The molecule has 0 bridgehead atoms. The Hall–Kier alpha value is -0.570. The largest absolute Gasteiger partial charge is 0.480 e. The minimum Gasteiger partial charge on any atom is -0.480 e. The van der Waals surface area contributed by atoms with E-state index in [9.17, 15) is 4.79 Å². The third-order valence-corrected chi connectivity index (χ3v) is 2.61. The van der Waals surface area contributed by atoms with E-state index in [-0.39, 0.29) is 0 Å². The average Bonchev–Trinajstić information content (AvgIpc) is 2.05. The maximum atomic E-state index is 11.0. The van der Waals surface area contributed by atoms with Crippen molar-refractivity contribution >= 4 is 5.97 Å². The normalized spacial score (nSPS) is 16.1. The molecule has 0 saturated heterocycles. The second-order valence-corrected chi connectivity index (χ2v) is 3.10. The van der Waals surface area contributed by atoms with Gasteiger partial charge in [0.15, 0.2) is 0 Å². The SMILES string of the molecule is CCN(CC)[C@](C)(CC)C(=O)O. The van der Waals surface area contributed by atoms with E-state index in [1.807, 2.05) is 25.7 Å². The Morgan fingerprint density at radius 3 is 1.83 bits per heavy atom. The smallest absolute Gasteiger partial charge is 0.323 e. The van der Waals surface area contributed by atoms with E-state index < -0.39 is 11.5 Å². The van der Waals surface area contributed by atoms with E-state index in [1.165, 1.54) is 0 Å². The Labute approximate surface area is 74.4 Å². The van der Waals surface area contributed by atoms with Crippen molar-refractivity contribution < 1.29 is 9.90 Å². The maximum absolute atomic E-state index is 11.0. The van der Waals surface area contributed by atoms with Crippen molar-refractivity contribution in [1.29, 1.82) is 0 Å². The molecule has 3 nitrogen and oxygen atoms in total. The number of rotatable bonds is 5. The highest BCUT2D eigenvalue weighted by Gasteiger charge is 2.35. The maximum Gasteiger partial charge on any atom is 0.323 e. The molecule has 0 rings (SSSR count). The van der Waals surface area contributed by atoms with Crippen LogP contribution >= 0.6 is 0 Å². The summed E-state index contributed by atoms with van der Waals surface area (Å²) in [4.78, 5) is 12.9. The van der Waals surface area contributed by atoms with E-state index >= 15 is 0 Å². The summed E-state index contributed by atoms with van der Waals surface area (Å²) in [5.74, 6) is -0.728. The van der Waals surface area contributed by atoms with Crippen LogP contribution in [0.15, 0.2) is 0 Å². The molecule has 0 spiro atoms. The third-order valence-electron chi connectivity index (χ3n) is 2.61. The van der Waals surface area contributed by atoms with Gasteiger partial charge in [0, 0.05) is 0 Å². The molecular formula is C9H19NO2. The summed E-state index contributed by atoms with van der Waals surface area (Å²) in [6.07, 6.45) is 0.643. The van der Waals surface area contributed by atoms with Crippen LogP contribution in [0.25, 0.3) is 0 Å². The number of nitrogens with zero attached hydrogens (tertiary/aromatic N) is 1. The number of carbonyl (C=O) groups is 1. The van der Waals surface area contributed by atoms with Crippen LogP contribution in [0.3, 0.4) is 0 Å². The summed E-state index contributed by atoms with van der Waals surface area (Å²) < 4.78 is 0. The zero-order chi connectivity index (χ0) is 9.78. The van der Waals surface area contributed by atoms with E-state index in [4.69, 9.17) is 5.11 Å². The molecule has 0 unspecified atom stereocenters. The number of hydrogen-bond acceptors (Lipinski definition) is 2. The van der Waals surface area contributed by atoms with Gasteiger partial charge in [0.05, 0.1) is 0 Å². The molecule has 0 aromatic carbocycles. The minimum absolute atomic E-state index is 0.643. The first kappa shape index (κ1) is 11.4. The van der Waals surface area contributed by atoms with Crippen LogP contribution in [0.2, 0.25) is 0 Å². The van der Waals surface area contributed by atoms with Crippen LogP contribution in [0, 0.1) is 0 Å². The van der Waals surface area contributed by atoms with E-state index in [2.05, 4.69) is 0 Å². The fourth-order valence-corrected chi connectivity index (χ4v) is 1.43. The second kappa shape index (κ2) is 4.45. The fraction of sp³-hybridized carbons (Fsp3) is 0.889. The first-order valence-electron chi connectivity index (χ1n) is 4.51. The Morgan fingerprint density at radius 1 is 1.33 bits per heavy atom. The van der Waals surface area contributed by atoms with E-state index in [0.717, 1.165) is 13.1 Å². The molecule has 0 amide bonds. The Kier molecular flexibility index (Phi) is 4.24. The minimum atomic E-state index is -0.728. The van der Waals surface area contributed by atoms with Gasteiger partial charge in [-0.25, -0.2) is 0 Å². The molecule has 0 aliphatic carbocycles. The standard InChI is InChI=1S/C9H19NO2/c1-5-9(4,8(11)12)10(6-2)7-3/h5-7H2,1-4H3,(H,11,12)/t9-/m1/s1. The number of hydrogen-bond donors (Lipinski definition) is 1. The van der Waals surface area contributed by atoms with Gasteiger partial charge in [-0.15, -0.1) is 0 Å². The number of likely N-dealkylation sites (N-methyl/N-ethyl adjacent to an activating group) is 1. The molecule has 0 aromatic rings. The van der Waals surface area contributed by atoms with Gasteiger partial charge in [0.1, 0.15) is 5.54 Å². The molecule has 0 aliphatic rings. The summed E-state index contributed by atoms with van der Waals surface area (Å²) >= 11 is 0. The Bertz CT molecular complexity index is 155. The van der Waals surface area contributed by atoms with Crippen LogP contribution in [0.5, 0.6) is 0 Å². The lowest BCUT2D eigenvalue weighted by Crippen LogP contribution is -2.51. The first-order valence-corrected chi connectivity index (χ1v) is 4.51. The van der Waals surface area contributed by atoms with Crippen molar-refractivity contribution in [1.82, 2.24) is 4.90 Å². The van der Waals surface area contributed by atoms with Gasteiger partial charge in [0.25, 0.3) is 0 Å². The fourth-order valence-electron chi connectivity index (χ4n) is 1.43. The summed E-state index contributed by atoms with van der Waals surface area (Å²) in [5.41, 5.74) is -0.691. The van der Waals surface area contributed by atoms with E-state index in [1.54, 1.807) is 6.92 Å². The van der Waals surface area contributed by atoms with Crippen LogP contribution in [0.1, 0.15) is 34.1 Å². The Morgan fingerprint density at radius 2 is 1.75 bits per heavy atom. The molecule has 0 saturated carbocycles. The summed E-state index contributed by atoms with van der Waals surface area (Å²) in [5, 5.41) is 9.02. The highest BCUT2D eigenvalue weighted by atomic mass is 16.4. The highest BCUT2D eigenvalue weighted by Crippen LogP contribution is 2.18. The molecular weight excluding hydrogens is 154 g/mol. The highest BCUT2D eigenvalue weighted by molar-refractivity contribution is 5.78. The van der Waals surface area contributed by atoms with Gasteiger partial charge in [-0.3, -0.25) is 9.69 Å². The molecule has 12 heavy (non-hydrogen) atoms. The van der Waals surface area contributed by atoms with Crippen LogP contribution < -0.4 is 0 Å². The first-order chi connectivity index (χ1) is 5.52. The lowest BCUT2D eigenvalue weighted by Gasteiger charge is -2.35. The molecule has 0 radical (unpaired) electrons. The molecule has 3 heteroatoms. The van der Waals surface area contributed by atoms with Crippen molar-refractivity contribution in [3.63, 3.8) is 0 Å². The quantitative estimate of drug-likeness (QED) is 0.686. The number of carboxylic acid groups (broad SMARTS) is 1. The molecule has 1 atom stereocenters. The monoisotopic (exact) mass is 173 g/mol. The topological polar surface area (TPSA) is 40.5 Å². The van der Waals surface area contributed by atoms with Crippen molar-refractivity contribution in [3.8, 4) is 0 Å². The zero-order valence-electron chi connectivity index (χ0n) is 8.42. The zero-order valence-corrected chi connectivity index (χ0v) is 8.42. The summed E-state index contributed by atoms with van der Waals surface area (Å²) in [6.45, 7) is 9.23. The Balaban J connectivity index is 4.58. The van der Waals surface area contributed by atoms with Crippen LogP contribution in [-0.2, 0) is 4.79 Å². The molecule has 0 heterocycles. The third kappa shape index (κ3) is 1.97. The van der Waals surface area contributed by atoms with Crippen molar-refractivity contribution in [2.45, 2.75) is 39.7 Å². The van der Waals surface area contributed by atoms with Crippen molar-refractivity contribution in [2.24, 2.45) is 0 Å². The molecule has 0 fully saturated rings. The predicted octanol–water partition coefficient (Wildman–Crippen LogP) is 1.58. The van der Waals surface area contributed by atoms with Crippen molar-refractivity contribution in [2.75, 3.05) is 13.1 Å². The summed E-state index contributed by atoms with van der Waals surface area (Å²) in [7, 11) is 0.